The lowest BCUT2D eigenvalue weighted by Crippen LogP contribution is -2.49. The number of aromatic nitrogens is 2. The molecule has 1 saturated heterocycles. The van der Waals surface area contributed by atoms with Crippen LogP contribution in [0.5, 0.6) is 11.5 Å². The Kier molecular flexibility index (Phi) is 7.41. The molecule has 14 nitrogen and oxygen atoms in total. The second-order valence-corrected chi connectivity index (χ2v) is 10.3. The van der Waals surface area contributed by atoms with Gasteiger partial charge in [-0.05, 0) is 37.3 Å². The van der Waals surface area contributed by atoms with E-state index in [1.54, 1.807) is 44.6 Å². The first-order valence-electron chi connectivity index (χ1n) is 11.3. The molecule has 200 valence electrons. The summed E-state index contributed by atoms with van der Waals surface area (Å²) in [5.41, 5.74) is -0.201. The number of nitrogens with zero attached hydrogens (tertiary/aromatic N) is 6. The Morgan fingerprint density at radius 2 is 1.50 bits per heavy atom. The van der Waals surface area contributed by atoms with Crippen LogP contribution in [0, 0.1) is 27.2 Å². The quantitative estimate of drug-likeness (QED) is 0.301. The standard InChI is InChI=1S/C23H24N6O8S/c1-15-20(28(30)31)13-17(14-21(15)29(32)33)38(34,35)27-10-8-26(9-11-27)23-7-5-19(24-25-23)18-12-16(36-2)4-6-22(18)37-3/h4-7,12-14H,8-11H2,1-3H3. The lowest BCUT2D eigenvalue weighted by atomic mass is 10.1. The molecule has 15 heteroatoms. The summed E-state index contributed by atoms with van der Waals surface area (Å²) in [5.74, 6) is 1.77. The van der Waals surface area contributed by atoms with E-state index in [-0.39, 0.29) is 31.7 Å². The topological polar surface area (TPSA) is 171 Å². The normalized spacial score (nSPS) is 14.2. The lowest BCUT2D eigenvalue weighted by molar-refractivity contribution is -0.395. The molecule has 1 fully saturated rings. The van der Waals surface area contributed by atoms with Crippen molar-refractivity contribution in [2.24, 2.45) is 0 Å². The van der Waals surface area contributed by atoms with Crippen LogP contribution in [0.2, 0.25) is 0 Å². The minimum atomic E-state index is -4.22. The maximum atomic E-state index is 13.2. The molecule has 0 saturated carbocycles. The smallest absolute Gasteiger partial charge is 0.280 e. The summed E-state index contributed by atoms with van der Waals surface area (Å²) in [6.45, 7) is 1.84. The summed E-state index contributed by atoms with van der Waals surface area (Å²) >= 11 is 0. The number of nitro benzene ring substituents is 2. The van der Waals surface area contributed by atoms with Crippen molar-refractivity contribution in [3.8, 4) is 22.8 Å². The third kappa shape index (κ3) is 5.05. The number of hydrogen-bond donors (Lipinski definition) is 0. The van der Waals surface area contributed by atoms with Gasteiger partial charge >= 0.3 is 0 Å². The van der Waals surface area contributed by atoms with Crippen molar-refractivity contribution >= 4 is 27.2 Å². The number of piperazine rings is 1. The highest BCUT2D eigenvalue weighted by Crippen LogP contribution is 2.34. The van der Waals surface area contributed by atoms with E-state index >= 15 is 0 Å². The Labute approximate surface area is 217 Å². The summed E-state index contributed by atoms with van der Waals surface area (Å²) in [4.78, 5) is 22.4. The molecule has 0 atom stereocenters. The minimum Gasteiger partial charge on any atom is -0.497 e. The van der Waals surface area contributed by atoms with Crippen LogP contribution in [0.1, 0.15) is 5.56 Å². The molecule has 1 aliphatic heterocycles. The van der Waals surface area contributed by atoms with Gasteiger partial charge in [0, 0.05) is 43.9 Å². The van der Waals surface area contributed by atoms with Gasteiger partial charge in [0.05, 0.1) is 34.7 Å². The fourth-order valence-electron chi connectivity index (χ4n) is 4.15. The van der Waals surface area contributed by atoms with Crippen molar-refractivity contribution in [1.29, 1.82) is 0 Å². The van der Waals surface area contributed by atoms with Gasteiger partial charge in [-0.2, -0.15) is 4.31 Å². The van der Waals surface area contributed by atoms with Crippen LogP contribution < -0.4 is 14.4 Å². The average Bonchev–Trinajstić information content (AvgIpc) is 2.92. The highest BCUT2D eigenvalue weighted by atomic mass is 32.2. The third-order valence-corrected chi connectivity index (χ3v) is 8.13. The molecular formula is C23H24N6O8S. The van der Waals surface area contributed by atoms with E-state index in [2.05, 4.69) is 10.2 Å². The molecule has 0 radical (unpaired) electrons. The van der Waals surface area contributed by atoms with Crippen molar-refractivity contribution in [2.45, 2.75) is 11.8 Å². The van der Waals surface area contributed by atoms with Gasteiger partial charge in [-0.25, -0.2) is 8.42 Å². The van der Waals surface area contributed by atoms with Crippen LogP contribution >= 0.6 is 0 Å². The molecule has 1 aliphatic rings. The van der Waals surface area contributed by atoms with Gasteiger partial charge in [-0.15, -0.1) is 10.2 Å². The maximum absolute atomic E-state index is 13.2. The number of rotatable bonds is 8. The maximum Gasteiger partial charge on any atom is 0.280 e. The minimum absolute atomic E-state index is 0.0466. The molecule has 38 heavy (non-hydrogen) atoms. The van der Waals surface area contributed by atoms with E-state index in [9.17, 15) is 28.6 Å². The monoisotopic (exact) mass is 544 g/mol. The zero-order valence-corrected chi connectivity index (χ0v) is 21.5. The number of methoxy groups -OCH3 is 2. The largest absolute Gasteiger partial charge is 0.497 e. The predicted molar refractivity (Wildman–Crippen MR) is 136 cm³/mol. The van der Waals surface area contributed by atoms with Crippen molar-refractivity contribution < 1.29 is 27.7 Å². The summed E-state index contributed by atoms with van der Waals surface area (Å²) in [5, 5.41) is 31.3. The second-order valence-electron chi connectivity index (χ2n) is 8.33. The summed E-state index contributed by atoms with van der Waals surface area (Å²) < 4.78 is 38.3. The molecule has 2 heterocycles. The van der Waals surface area contributed by atoms with Gasteiger partial charge in [-0.1, -0.05) is 0 Å². The second kappa shape index (κ2) is 10.5. The Morgan fingerprint density at radius 3 is 2.00 bits per heavy atom. The van der Waals surface area contributed by atoms with Gasteiger partial charge in [0.2, 0.25) is 10.0 Å². The molecule has 3 aromatic rings. The Bertz CT molecular complexity index is 1450. The van der Waals surface area contributed by atoms with Crippen LogP contribution in [-0.2, 0) is 10.0 Å². The van der Waals surface area contributed by atoms with Crippen LogP contribution in [0.25, 0.3) is 11.3 Å². The van der Waals surface area contributed by atoms with E-state index < -0.39 is 36.1 Å². The van der Waals surface area contributed by atoms with Crippen molar-refractivity contribution in [1.82, 2.24) is 14.5 Å². The Hall–Kier alpha value is -4.37. The highest BCUT2D eigenvalue weighted by molar-refractivity contribution is 7.89. The first kappa shape index (κ1) is 26.7. The first-order valence-corrected chi connectivity index (χ1v) is 12.8. The van der Waals surface area contributed by atoms with Crippen LogP contribution in [0.4, 0.5) is 17.2 Å². The number of hydrogen-bond acceptors (Lipinski definition) is 11. The Balaban J connectivity index is 1.52. The summed E-state index contributed by atoms with van der Waals surface area (Å²) in [7, 11) is -1.11. The molecule has 0 aliphatic carbocycles. The van der Waals surface area contributed by atoms with E-state index in [0.717, 1.165) is 16.4 Å². The van der Waals surface area contributed by atoms with E-state index in [1.807, 2.05) is 4.90 Å². The van der Waals surface area contributed by atoms with Crippen LogP contribution in [-0.4, -0.2) is 73.2 Å². The number of nitro groups is 2. The van der Waals surface area contributed by atoms with E-state index in [4.69, 9.17) is 9.47 Å². The number of anilines is 1. The molecule has 0 unspecified atom stereocenters. The SMILES string of the molecule is COc1ccc(OC)c(-c2ccc(N3CCN(S(=O)(=O)c4cc([N+](=O)[O-])c(C)c([N+](=O)[O-])c4)CC3)nn2)c1. The van der Waals surface area contributed by atoms with Crippen LogP contribution in [0.15, 0.2) is 47.4 Å². The molecule has 0 N–H and O–H groups in total. The lowest BCUT2D eigenvalue weighted by Gasteiger charge is -2.34. The zero-order valence-electron chi connectivity index (χ0n) is 20.7. The molecule has 0 amide bonds. The van der Waals surface area contributed by atoms with Gasteiger partial charge in [0.15, 0.2) is 5.82 Å². The molecule has 0 spiro atoms. The van der Waals surface area contributed by atoms with E-state index in [0.29, 0.717) is 28.6 Å². The van der Waals surface area contributed by atoms with Gasteiger partial charge in [0.25, 0.3) is 11.4 Å². The molecule has 0 bridgehead atoms. The first-order chi connectivity index (χ1) is 18.1. The predicted octanol–water partition coefficient (Wildman–Crippen LogP) is 2.80. The highest BCUT2D eigenvalue weighted by Gasteiger charge is 2.33. The molecule has 1 aromatic heterocycles. The van der Waals surface area contributed by atoms with Crippen molar-refractivity contribution in [3.63, 3.8) is 0 Å². The fourth-order valence-corrected chi connectivity index (χ4v) is 5.61. The third-order valence-electron chi connectivity index (χ3n) is 6.25. The zero-order chi connectivity index (χ0) is 27.6. The number of sulfonamides is 1. The fraction of sp³-hybridized carbons (Fsp3) is 0.304. The van der Waals surface area contributed by atoms with Gasteiger partial charge in [-0.3, -0.25) is 20.2 Å². The Morgan fingerprint density at radius 1 is 0.868 bits per heavy atom. The summed E-state index contributed by atoms with van der Waals surface area (Å²) in [6.07, 6.45) is 0. The number of benzene rings is 2. The summed E-state index contributed by atoms with van der Waals surface area (Å²) in [6, 6.07) is 10.6. The van der Waals surface area contributed by atoms with Gasteiger partial charge < -0.3 is 14.4 Å². The van der Waals surface area contributed by atoms with E-state index in [1.165, 1.54) is 6.92 Å². The molecule has 2 aromatic carbocycles. The van der Waals surface area contributed by atoms with Crippen LogP contribution in [0.3, 0.4) is 0 Å². The molecule has 4 rings (SSSR count). The number of ether oxygens (including phenoxy) is 2. The average molecular weight is 545 g/mol. The van der Waals surface area contributed by atoms with Crippen molar-refractivity contribution in [3.05, 3.63) is 68.3 Å². The van der Waals surface area contributed by atoms with Gasteiger partial charge in [0.1, 0.15) is 17.1 Å². The van der Waals surface area contributed by atoms with Crippen molar-refractivity contribution in [2.75, 3.05) is 45.3 Å². The molecular weight excluding hydrogens is 520 g/mol.